The van der Waals surface area contributed by atoms with Gasteiger partial charge in [0.05, 0.1) is 6.61 Å². The van der Waals surface area contributed by atoms with Crippen LogP contribution in [0.3, 0.4) is 0 Å². The SMILES string of the molecule is O=C(NC1CNCCC1c1ccc(F)c(F)c1)N1CCC2(CCOC2)C1. The number of carbonyl (C=O) groups excluding carboxylic acids is 1. The summed E-state index contributed by atoms with van der Waals surface area (Å²) in [6.07, 6.45) is 2.77. The molecule has 4 rings (SSSR count). The largest absolute Gasteiger partial charge is 0.381 e. The van der Waals surface area contributed by atoms with Crippen LogP contribution in [0.1, 0.15) is 30.7 Å². The smallest absolute Gasteiger partial charge is 0.317 e. The van der Waals surface area contributed by atoms with Crippen LogP contribution in [0.15, 0.2) is 18.2 Å². The highest BCUT2D eigenvalue weighted by atomic mass is 19.2. The van der Waals surface area contributed by atoms with Crippen molar-refractivity contribution in [2.45, 2.75) is 31.2 Å². The molecule has 1 aromatic rings. The molecule has 0 aliphatic carbocycles. The van der Waals surface area contributed by atoms with Gasteiger partial charge >= 0.3 is 6.03 Å². The van der Waals surface area contributed by atoms with Gasteiger partial charge in [0, 0.05) is 43.6 Å². The molecule has 2 N–H and O–H groups in total. The van der Waals surface area contributed by atoms with Gasteiger partial charge in [-0.25, -0.2) is 13.6 Å². The second-order valence-corrected chi connectivity index (χ2v) is 7.80. The standard InChI is InChI=1S/C19H25F2N3O2/c20-15-2-1-13(9-16(15)21)14-3-6-22-10-17(14)23-18(25)24-7-4-19(11-24)5-8-26-12-19/h1-2,9,14,17,22H,3-8,10-12H2,(H,23,25). The van der Waals surface area contributed by atoms with Gasteiger partial charge in [0.25, 0.3) is 0 Å². The third-order valence-corrected chi connectivity index (χ3v) is 6.07. The maximum atomic E-state index is 13.6. The number of hydrogen-bond donors (Lipinski definition) is 2. The van der Waals surface area contributed by atoms with Gasteiger partial charge in [-0.1, -0.05) is 6.07 Å². The molecule has 7 heteroatoms. The molecule has 3 unspecified atom stereocenters. The minimum Gasteiger partial charge on any atom is -0.381 e. The Balaban J connectivity index is 1.43. The normalized spacial score (nSPS) is 31.5. The van der Waals surface area contributed by atoms with Gasteiger partial charge in [-0.15, -0.1) is 0 Å². The number of carbonyl (C=O) groups is 1. The summed E-state index contributed by atoms with van der Waals surface area (Å²) in [5, 5.41) is 6.40. The number of urea groups is 1. The van der Waals surface area contributed by atoms with Crippen LogP contribution in [0, 0.1) is 17.0 Å². The molecule has 3 fully saturated rings. The molecule has 3 aliphatic heterocycles. The topological polar surface area (TPSA) is 53.6 Å². The number of rotatable bonds is 2. The molecule has 0 radical (unpaired) electrons. The van der Waals surface area contributed by atoms with Crippen molar-refractivity contribution in [3.8, 4) is 0 Å². The van der Waals surface area contributed by atoms with Crippen LogP contribution < -0.4 is 10.6 Å². The van der Waals surface area contributed by atoms with Gasteiger partial charge in [0.1, 0.15) is 0 Å². The molecule has 3 aliphatic rings. The Kier molecular flexibility index (Phi) is 4.84. The molecule has 1 aromatic carbocycles. The fourth-order valence-electron chi connectivity index (χ4n) is 4.48. The van der Waals surface area contributed by atoms with Crippen molar-refractivity contribution in [2.24, 2.45) is 5.41 Å². The summed E-state index contributed by atoms with van der Waals surface area (Å²) >= 11 is 0. The highest BCUT2D eigenvalue weighted by Crippen LogP contribution is 2.38. The van der Waals surface area contributed by atoms with Gasteiger partial charge in [0.15, 0.2) is 11.6 Å². The fraction of sp³-hybridized carbons (Fsp3) is 0.632. The van der Waals surface area contributed by atoms with Crippen molar-refractivity contribution in [2.75, 3.05) is 39.4 Å². The molecule has 5 nitrogen and oxygen atoms in total. The predicted molar refractivity (Wildman–Crippen MR) is 93.0 cm³/mol. The third-order valence-electron chi connectivity index (χ3n) is 6.07. The Morgan fingerprint density at radius 2 is 2.19 bits per heavy atom. The van der Waals surface area contributed by atoms with E-state index in [1.165, 1.54) is 6.07 Å². The monoisotopic (exact) mass is 365 g/mol. The van der Waals surface area contributed by atoms with Crippen LogP contribution in [-0.2, 0) is 4.74 Å². The number of benzene rings is 1. The van der Waals surface area contributed by atoms with Gasteiger partial charge in [0.2, 0.25) is 0 Å². The molecular formula is C19H25F2N3O2. The number of likely N-dealkylation sites (tertiary alicyclic amines) is 1. The van der Waals surface area contributed by atoms with E-state index in [2.05, 4.69) is 10.6 Å². The molecule has 26 heavy (non-hydrogen) atoms. The first-order chi connectivity index (χ1) is 12.6. The van der Waals surface area contributed by atoms with Crippen molar-refractivity contribution in [1.29, 1.82) is 0 Å². The minimum atomic E-state index is -0.843. The first-order valence-electron chi connectivity index (χ1n) is 9.35. The first-order valence-corrected chi connectivity index (χ1v) is 9.35. The molecule has 0 aromatic heterocycles. The van der Waals surface area contributed by atoms with Crippen molar-refractivity contribution in [3.63, 3.8) is 0 Å². The molecule has 1 spiro atoms. The van der Waals surface area contributed by atoms with Crippen molar-refractivity contribution in [3.05, 3.63) is 35.4 Å². The van der Waals surface area contributed by atoms with E-state index in [4.69, 9.17) is 4.74 Å². The molecule has 142 valence electrons. The Hall–Kier alpha value is -1.73. The highest BCUT2D eigenvalue weighted by molar-refractivity contribution is 5.75. The first kappa shape index (κ1) is 17.7. The van der Waals surface area contributed by atoms with Crippen LogP contribution in [0.4, 0.5) is 13.6 Å². The molecule has 3 atom stereocenters. The van der Waals surface area contributed by atoms with Crippen molar-refractivity contribution in [1.82, 2.24) is 15.5 Å². The molecule has 0 bridgehead atoms. The van der Waals surface area contributed by atoms with E-state index < -0.39 is 11.6 Å². The van der Waals surface area contributed by atoms with Gasteiger partial charge in [-0.2, -0.15) is 0 Å². The molecule has 3 heterocycles. The Bertz CT molecular complexity index is 679. The number of hydrogen-bond acceptors (Lipinski definition) is 3. The highest BCUT2D eigenvalue weighted by Gasteiger charge is 2.43. The zero-order chi connectivity index (χ0) is 18.1. The fourth-order valence-corrected chi connectivity index (χ4v) is 4.48. The zero-order valence-corrected chi connectivity index (χ0v) is 14.8. The molecule has 3 saturated heterocycles. The predicted octanol–water partition coefficient (Wildman–Crippen LogP) is 2.23. The second-order valence-electron chi connectivity index (χ2n) is 7.80. The van der Waals surface area contributed by atoms with Gasteiger partial charge < -0.3 is 20.3 Å². The number of amides is 2. The van der Waals surface area contributed by atoms with E-state index in [0.717, 1.165) is 63.7 Å². The van der Waals surface area contributed by atoms with Crippen LogP contribution in [0.5, 0.6) is 0 Å². The van der Waals surface area contributed by atoms with Crippen molar-refractivity contribution >= 4 is 6.03 Å². The van der Waals surface area contributed by atoms with E-state index in [1.54, 1.807) is 6.07 Å². The van der Waals surface area contributed by atoms with Gasteiger partial charge in [-0.3, -0.25) is 0 Å². The summed E-state index contributed by atoms with van der Waals surface area (Å²) in [4.78, 5) is 14.6. The van der Waals surface area contributed by atoms with Crippen LogP contribution in [0.2, 0.25) is 0 Å². The average molecular weight is 365 g/mol. The summed E-state index contributed by atoms with van der Waals surface area (Å²) in [6, 6.07) is 3.82. The van der Waals surface area contributed by atoms with Crippen LogP contribution >= 0.6 is 0 Å². The van der Waals surface area contributed by atoms with E-state index in [9.17, 15) is 13.6 Å². The number of nitrogens with one attached hydrogen (secondary N) is 2. The third kappa shape index (κ3) is 3.42. The maximum absolute atomic E-state index is 13.6. The lowest BCUT2D eigenvalue weighted by Crippen LogP contribution is -2.53. The molecular weight excluding hydrogens is 340 g/mol. The van der Waals surface area contributed by atoms with Crippen molar-refractivity contribution < 1.29 is 18.3 Å². The Morgan fingerprint density at radius 1 is 1.31 bits per heavy atom. The summed E-state index contributed by atoms with van der Waals surface area (Å²) in [5.74, 6) is -1.71. The van der Waals surface area contributed by atoms with E-state index in [0.29, 0.717) is 6.54 Å². The Morgan fingerprint density at radius 3 is 2.96 bits per heavy atom. The number of ether oxygens (including phenoxy) is 1. The van der Waals surface area contributed by atoms with E-state index in [-0.39, 0.29) is 23.4 Å². The summed E-state index contributed by atoms with van der Waals surface area (Å²) in [7, 11) is 0. The average Bonchev–Trinajstić information content (AvgIpc) is 3.28. The summed E-state index contributed by atoms with van der Waals surface area (Å²) in [5.41, 5.74) is 0.861. The number of piperidine rings is 1. The minimum absolute atomic E-state index is 0.0262. The lowest BCUT2D eigenvalue weighted by Gasteiger charge is -2.34. The number of nitrogens with zero attached hydrogens (tertiary/aromatic N) is 1. The quantitative estimate of drug-likeness (QED) is 0.845. The van der Waals surface area contributed by atoms with Crippen LogP contribution in [0.25, 0.3) is 0 Å². The Labute approximate surface area is 152 Å². The maximum Gasteiger partial charge on any atom is 0.317 e. The number of halogens is 2. The lowest BCUT2D eigenvalue weighted by atomic mass is 9.86. The molecule has 2 amide bonds. The van der Waals surface area contributed by atoms with Gasteiger partial charge in [-0.05, 0) is 43.5 Å². The van der Waals surface area contributed by atoms with Crippen LogP contribution in [-0.4, -0.2) is 56.4 Å². The lowest BCUT2D eigenvalue weighted by molar-refractivity contribution is 0.151. The molecule has 0 saturated carbocycles. The summed E-state index contributed by atoms with van der Waals surface area (Å²) in [6.45, 7) is 4.40. The van der Waals surface area contributed by atoms with E-state index >= 15 is 0 Å². The zero-order valence-electron chi connectivity index (χ0n) is 14.8. The second kappa shape index (κ2) is 7.12. The van der Waals surface area contributed by atoms with E-state index in [1.807, 2.05) is 4.90 Å². The summed E-state index contributed by atoms with van der Waals surface area (Å²) < 4.78 is 32.4.